The lowest BCUT2D eigenvalue weighted by molar-refractivity contribution is 0.0597. The Balaban J connectivity index is 2.04. The highest BCUT2D eigenvalue weighted by Crippen LogP contribution is 2.23. The van der Waals surface area contributed by atoms with Gasteiger partial charge in [0.15, 0.2) is 0 Å². The molecule has 0 bridgehead atoms. The van der Waals surface area contributed by atoms with Gasteiger partial charge in [0.1, 0.15) is 17.1 Å². The number of hydrogen-bond acceptors (Lipinski definition) is 5. The van der Waals surface area contributed by atoms with E-state index in [1.54, 1.807) is 24.3 Å². The average Bonchev–Trinajstić information content (AvgIpc) is 2.49. The molecule has 0 heterocycles. The van der Waals surface area contributed by atoms with Crippen molar-refractivity contribution in [2.24, 2.45) is 0 Å². The van der Waals surface area contributed by atoms with Gasteiger partial charge in [0, 0.05) is 16.8 Å². The van der Waals surface area contributed by atoms with Crippen LogP contribution in [-0.4, -0.2) is 24.3 Å². The van der Waals surface area contributed by atoms with Crippen molar-refractivity contribution in [3.05, 3.63) is 53.1 Å². The lowest BCUT2D eigenvalue weighted by Gasteiger charge is -2.08. The third-order valence-corrected chi connectivity index (χ3v) is 2.93. The zero-order chi connectivity index (χ0) is 16.1. The summed E-state index contributed by atoms with van der Waals surface area (Å²) in [4.78, 5) is 23.0. The largest absolute Gasteiger partial charge is 0.507 e. The van der Waals surface area contributed by atoms with Crippen LogP contribution in [0.5, 0.6) is 11.5 Å². The zero-order valence-electron chi connectivity index (χ0n) is 11.5. The lowest BCUT2D eigenvalue weighted by Crippen LogP contribution is -2.16. The van der Waals surface area contributed by atoms with Crippen molar-refractivity contribution in [1.29, 1.82) is 0 Å². The van der Waals surface area contributed by atoms with Crippen LogP contribution in [0.2, 0.25) is 5.02 Å². The number of hydrogen-bond donors (Lipinski definition) is 2. The Morgan fingerprint density at radius 2 is 1.82 bits per heavy atom. The molecule has 0 spiro atoms. The summed E-state index contributed by atoms with van der Waals surface area (Å²) in [7, 11) is 1.21. The number of aromatic hydroxyl groups is 1. The first kappa shape index (κ1) is 15.7. The number of carbonyl (C=O) groups is 2. The van der Waals surface area contributed by atoms with Gasteiger partial charge >= 0.3 is 12.1 Å². The molecule has 0 aromatic heterocycles. The van der Waals surface area contributed by atoms with Crippen LogP contribution < -0.4 is 10.1 Å². The van der Waals surface area contributed by atoms with Crippen molar-refractivity contribution in [2.45, 2.75) is 0 Å². The second-order valence-corrected chi connectivity index (χ2v) is 4.63. The average molecular weight is 322 g/mol. The van der Waals surface area contributed by atoms with E-state index in [9.17, 15) is 14.7 Å². The van der Waals surface area contributed by atoms with Crippen molar-refractivity contribution in [3.63, 3.8) is 0 Å². The Bertz CT molecular complexity index is 700. The van der Waals surface area contributed by atoms with Crippen molar-refractivity contribution in [2.75, 3.05) is 12.4 Å². The van der Waals surface area contributed by atoms with Gasteiger partial charge in [-0.3, -0.25) is 5.32 Å². The number of anilines is 1. The molecule has 2 N–H and O–H groups in total. The number of esters is 1. The maximum absolute atomic E-state index is 11.7. The quantitative estimate of drug-likeness (QED) is 0.846. The van der Waals surface area contributed by atoms with E-state index in [4.69, 9.17) is 16.3 Å². The van der Waals surface area contributed by atoms with Crippen molar-refractivity contribution < 1.29 is 24.2 Å². The van der Waals surface area contributed by atoms with E-state index in [-0.39, 0.29) is 17.0 Å². The van der Waals surface area contributed by atoms with Gasteiger partial charge in [0.25, 0.3) is 0 Å². The Morgan fingerprint density at radius 1 is 1.14 bits per heavy atom. The normalized spacial score (nSPS) is 9.91. The van der Waals surface area contributed by atoms with Crippen LogP contribution in [0.4, 0.5) is 10.5 Å². The third kappa shape index (κ3) is 3.89. The van der Waals surface area contributed by atoms with E-state index in [0.29, 0.717) is 10.8 Å². The van der Waals surface area contributed by atoms with E-state index in [1.165, 1.54) is 25.3 Å². The maximum atomic E-state index is 11.7. The van der Waals surface area contributed by atoms with E-state index in [2.05, 4.69) is 10.1 Å². The van der Waals surface area contributed by atoms with E-state index >= 15 is 0 Å². The molecule has 22 heavy (non-hydrogen) atoms. The van der Waals surface area contributed by atoms with Crippen LogP contribution in [0.25, 0.3) is 0 Å². The number of nitrogens with one attached hydrogen (secondary N) is 1. The fourth-order valence-corrected chi connectivity index (χ4v) is 1.77. The van der Waals surface area contributed by atoms with Gasteiger partial charge in [-0.05, 0) is 36.4 Å². The van der Waals surface area contributed by atoms with Crippen LogP contribution in [0.15, 0.2) is 42.5 Å². The summed E-state index contributed by atoms with van der Waals surface area (Å²) in [5, 5.41) is 12.7. The summed E-state index contributed by atoms with van der Waals surface area (Å²) in [6, 6.07) is 10.2. The first-order valence-corrected chi connectivity index (χ1v) is 6.53. The number of halogens is 1. The highest BCUT2D eigenvalue weighted by molar-refractivity contribution is 6.30. The van der Waals surface area contributed by atoms with Crippen molar-refractivity contribution >= 4 is 29.4 Å². The molecule has 7 heteroatoms. The van der Waals surface area contributed by atoms with Gasteiger partial charge in [-0.1, -0.05) is 11.6 Å². The number of methoxy groups -OCH3 is 1. The smallest absolute Gasteiger partial charge is 0.417 e. The molecule has 114 valence electrons. The minimum Gasteiger partial charge on any atom is -0.507 e. The first-order chi connectivity index (χ1) is 10.5. The SMILES string of the molecule is COC(=O)c1ccc(NC(=O)Oc2ccc(Cl)cc2)cc1O. The monoisotopic (exact) mass is 321 g/mol. The number of benzene rings is 2. The second-order valence-electron chi connectivity index (χ2n) is 4.19. The van der Waals surface area contributed by atoms with Crippen LogP contribution in [-0.2, 0) is 4.74 Å². The molecule has 0 radical (unpaired) electrons. The number of phenols is 1. The first-order valence-electron chi connectivity index (χ1n) is 6.15. The Morgan fingerprint density at radius 3 is 2.41 bits per heavy atom. The summed E-state index contributed by atoms with van der Waals surface area (Å²) in [5.41, 5.74) is 0.267. The highest BCUT2D eigenvalue weighted by Gasteiger charge is 2.13. The molecular weight excluding hydrogens is 310 g/mol. The summed E-state index contributed by atoms with van der Waals surface area (Å²) >= 11 is 5.73. The minimum atomic E-state index is -0.743. The van der Waals surface area contributed by atoms with Crippen LogP contribution in [0, 0.1) is 0 Å². The second kappa shape index (κ2) is 6.82. The number of carbonyl (C=O) groups excluding carboxylic acids is 2. The topological polar surface area (TPSA) is 84.9 Å². The fraction of sp³-hybridized carbons (Fsp3) is 0.0667. The Hall–Kier alpha value is -2.73. The fourth-order valence-electron chi connectivity index (χ4n) is 1.65. The number of amides is 1. The molecule has 2 aromatic rings. The molecule has 2 aromatic carbocycles. The zero-order valence-corrected chi connectivity index (χ0v) is 12.3. The van der Waals surface area contributed by atoms with Gasteiger partial charge in [-0.25, -0.2) is 9.59 Å². The van der Waals surface area contributed by atoms with Gasteiger partial charge in [-0.2, -0.15) is 0 Å². The molecular formula is C15H12ClNO5. The number of ether oxygens (including phenoxy) is 2. The molecule has 0 saturated heterocycles. The third-order valence-electron chi connectivity index (χ3n) is 2.67. The van der Waals surface area contributed by atoms with E-state index < -0.39 is 12.1 Å². The minimum absolute atomic E-state index is 0.000816. The maximum Gasteiger partial charge on any atom is 0.417 e. The van der Waals surface area contributed by atoms with Crippen molar-refractivity contribution in [3.8, 4) is 11.5 Å². The molecule has 0 aliphatic carbocycles. The van der Waals surface area contributed by atoms with Crippen LogP contribution in [0.1, 0.15) is 10.4 Å². The highest BCUT2D eigenvalue weighted by atomic mass is 35.5. The van der Waals surface area contributed by atoms with E-state index in [0.717, 1.165) is 0 Å². The summed E-state index contributed by atoms with van der Waals surface area (Å²) < 4.78 is 9.54. The predicted molar refractivity (Wildman–Crippen MR) is 80.5 cm³/mol. The van der Waals surface area contributed by atoms with Crippen LogP contribution >= 0.6 is 11.6 Å². The summed E-state index contributed by atoms with van der Waals surface area (Å²) in [6.07, 6.45) is -0.743. The van der Waals surface area contributed by atoms with E-state index in [1.807, 2.05) is 0 Å². The standard InChI is InChI=1S/C15H12ClNO5/c1-21-14(19)12-7-4-10(8-13(12)18)17-15(20)22-11-5-2-9(16)3-6-11/h2-8,18H,1H3,(H,17,20). The van der Waals surface area contributed by atoms with Gasteiger partial charge in [-0.15, -0.1) is 0 Å². The molecule has 6 nitrogen and oxygen atoms in total. The molecule has 0 aliphatic heterocycles. The molecule has 0 fully saturated rings. The summed E-state index contributed by atoms with van der Waals surface area (Å²) in [5.74, 6) is -0.666. The van der Waals surface area contributed by atoms with Gasteiger partial charge in [0.2, 0.25) is 0 Å². The molecule has 2 rings (SSSR count). The molecule has 0 atom stereocenters. The molecule has 0 aliphatic rings. The Kier molecular flexibility index (Phi) is 4.85. The number of rotatable bonds is 3. The molecule has 0 saturated carbocycles. The van der Waals surface area contributed by atoms with Gasteiger partial charge < -0.3 is 14.6 Å². The molecule has 0 unspecified atom stereocenters. The lowest BCUT2D eigenvalue weighted by atomic mass is 10.2. The number of phenolic OH excluding ortho intramolecular Hbond substituents is 1. The Labute approximate surface area is 131 Å². The van der Waals surface area contributed by atoms with Crippen LogP contribution in [0.3, 0.4) is 0 Å². The van der Waals surface area contributed by atoms with Gasteiger partial charge in [0.05, 0.1) is 7.11 Å². The predicted octanol–water partition coefficient (Wildman–Crippen LogP) is 3.44. The van der Waals surface area contributed by atoms with Crippen molar-refractivity contribution in [1.82, 2.24) is 0 Å². The molecule has 1 amide bonds. The summed E-state index contributed by atoms with van der Waals surface area (Å²) in [6.45, 7) is 0.